The Morgan fingerprint density at radius 3 is 2.60 bits per heavy atom. The van der Waals surface area contributed by atoms with Crippen molar-refractivity contribution >= 4 is 50.4 Å². The second-order valence-electron chi connectivity index (χ2n) is 8.04. The third-order valence-corrected chi connectivity index (χ3v) is 9.53. The van der Waals surface area contributed by atoms with Gasteiger partial charge in [-0.1, -0.05) is 23.4 Å². The van der Waals surface area contributed by atoms with E-state index >= 15 is 0 Å². The molecule has 1 aliphatic heterocycles. The van der Waals surface area contributed by atoms with Crippen LogP contribution in [0, 0.1) is 5.82 Å². The molecule has 3 aromatic rings. The van der Waals surface area contributed by atoms with Gasteiger partial charge in [-0.05, 0) is 55.9 Å². The Morgan fingerprint density at radius 2 is 1.94 bits per heavy atom. The third kappa shape index (κ3) is 6.23. The van der Waals surface area contributed by atoms with Gasteiger partial charge in [-0.2, -0.15) is 13.2 Å². The zero-order chi connectivity index (χ0) is 25.4. The zero-order valence-corrected chi connectivity index (χ0v) is 21.3. The van der Waals surface area contributed by atoms with Gasteiger partial charge in [-0.3, -0.25) is 4.72 Å². The first-order valence-electron chi connectivity index (χ1n) is 10.2. The van der Waals surface area contributed by atoms with E-state index in [1.165, 1.54) is 36.0 Å². The van der Waals surface area contributed by atoms with Crippen LogP contribution in [0.4, 0.5) is 23.2 Å². The van der Waals surface area contributed by atoms with Crippen molar-refractivity contribution in [1.82, 2.24) is 5.32 Å². The number of ether oxygens (including phenoxy) is 1. The summed E-state index contributed by atoms with van der Waals surface area (Å²) in [5.74, 6) is -1.01. The summed E-state index contributed by atoms with van der Waals surface area (Å²) in [7, 11) is -4.09. The van der Waals surface area contributed by atoms with E-state index in [9.17, 15) is 26.0 Å². The van der Waals surface area contributed by atoms with Crippen molar-refractivity contribution in [3.05, 3.63) is 64.9 Å². The van der Waals surface area contributed by atoms with Crippen molar-refractivity contribution in [2.24, 2.45) is 0 Å². The molecule has 0 radical (unpaired) electrons. The number of anilines is 1. The first kappa shape index (κ1) is 26.1. The number of thiophene rings is 1. The Labute approximate surface area is 212 Å². The molecule has 2 N–H and O–H groups in total. The van der Waals surface area contributed by atoms with Crippen molar-refractivity contribution in [1.29, 1.82) is 0 Å². The average Bonchev–Trinajstić information content (AvgIpc) is 3.39. The van der Waals surface area contributed by atoms with E-state index < -0.39 is 38.9 Å². The predicted molar refractivity (Wildman–Crippen MR) is 129 cm³/mol. The number of nitrogens with one attached hydrogen (secondary N) is 2. The normalized spacial score (nSPS) is 18.6. The number of rotatable bonds is 7. The van der Waals surface area contributed by atoms with E-state index in [1.54, 1.807) is 13.0 Å². The van der Waals surface area contributed by atoms with Gasteiger partial charge >= 0.3 is 6.18 Å². The standard InChI is InChI=1S/C22H19ClF4N2O3S3/c1-21(8-9-28-12-21)32-18-10-13(2-4-15(18)22(25,26)27)29-35(30,31)20-7-6-19(34-20)33-14-3-5-17(24)16(23)11-14/h2-7,10-11,28-29H,8-9,12H2,1H3/t21-/m1/s1. The molecular weight excluding hydrogens is 548 g/mol. The Balaban J connectivity index is 1.56. The summed E-state index contributed by atoms with van der Waals surface area (Å²) in [4.78, 5) is 0.620. The third-order valence-electron chi connectivity index (χ3n) is 5.16. The molecule has 5 nitrogen and oxygen atoms in total. The zero-order valence-electron chi connectivity index (χ0n) is 18.1. The van der Waals surface area contributed by atoms with Crippen LogP contribution < -0.4 is 14.8 Å². The Bertz CT molecular complexity index is 1340. The van der Waals surface area contributed by atoms with E-state index in [-0.39, 0.29) is 14.9 Å². The van der Waals surface area contributed by atoms with Crippen LogP contribution in [0.1, 0.15) is 18.9 Å². The number of alkyl halides is 3. The van der Waals surface area contributed by atoms with Gasteiger partial charge in [0, 0.05) is 23.9 Å². The summed E-state index contributed by atoms with van der Waals surface area (Å²) in [6.45, 7) is 2.67. The lowest BCUT2D eigenvalue weighted by Crippen LogP contribution is -2.35. The summed E-state index contributed by atoms with van der Waals surface area (Å²) in [5, 5.41) is 2.99. The lowest BCUT2D eigenvalue weighted by molar-refractivity contribution is -0.139. The van der Waals surface area contributed by atoms with Crippen molar-refractivity contribution in [2.75, 3.05) is 17.8 Å². The molecular formula is C22H19ClF4N2O3S3. The van der Waals surface area contributed by atoms with Crippen LogP contribution in [0.3, 0.4) is 0 Å². The number of hydrogen-bond acceptors (Lipinski definition) is 6. The minimum Gasteiger partial charge on any atom is -0.485 e. The molecule has 0 bridgehead atoms. The monoisotopic (exact) mass is 566 g/mol. The van der Waals surface area contributed by atoms with E-state index in [0.717, 1.165) is 29.5 Å². The number of halogens is 5. The van der Waals surface area contributed by atoms with Gasteiger partial charge in [0.15, 0.2) is 0 Å². The lowest BCUT2D eigenvalue weighted by atomic mass is 10.1. The molecule has 2 aromatic carbocycles. The summed E-state index contributed by atoms with van der Waals surface area (Å²) in [6, 6.07) is 10.0. The molecule has 1 atom stereocenters. The van der Waals surface area contributed by atoms with Gasteiger partial charge in [-0.25, -0.2) is 12.8 Å². The molecule has 35 heavy (non-hydrogen) atoms. The van der Waals surface area contributed by atoms with Gasteiger partial charge in [-0.15, -0.1) is 11.3 Å². The molecule has 1 saturated heterocycles. The fourth-order valence-electron chi connectivity index (χ4n) is 3.42. The van der Waals surface area contributed by atoms with Crippen molar-refractivity contribution < 1.29 is 30.7 Å². The fourth-order valence-corrected chi connectivity index (χ4v) is 7.31. The summed E-state index contributed by atoms with van der Waals surface area (Å²) >= 11 is 7.95. The molecule has 0 saturated carbocycles. The van der Waals surface area contributed by atoms with Crippen LogP contribution >= 0.6 is 34.7 Å². The molecule has 0 aliphatic carbocycles. The maximum absolute atomic E-state index is 13.5. The van der Waals surface area contributed by atoms with E-state index in [4.69, 9.17) is 16.3 Å². The van der Waals surface area contributed by atoms with Crippen LogP contribution in [-0.2, 0) is 16.2 Å². The van der Waals surface area contributed by atoms with Crippen LogP contribution in [0.15, 0.2) is 61.8 Å². The molecule has 4 rings (SSSR count). The molecule has 2 heterocycles. The fraction of sp³-hybridized carbons (Fsp3) is 0.273. The smallest absolute Gasteiger partial charge is 0.419 e. The topological polar surface area (TPSA) is 67.4 Å². The molecule has 0 spiro atoms. The van der Waals surface area contributed by atoms with Crippen LogP contribution in [0.2, 0.25) is 5.02 Å². The molecule has 188 valence electrons. The first-order valence-corrected chi connectivity index (χ1v) is 13.7. The summed E-state index contributed by atoms with van der Waals surface area (Å²) in [6.07, 6.45) is -4.16. The van der Waals surface area contributed by atoms with Gasteiger partial charge in [0.2, 0.25) is 0 Å². The quantitative estimate of drug-likeness (QED) is 0.314. The number of hydrogen-bond donors (Lipinski definition) is 2. The maximum atomic E-state index is 13.5. The van der Waals surface area contributed by atoms with Crippen molar-refractivity contribution in [3.63, 3.8) is 0 Å². The highest BCUT2D eigenvalue weighted by Gasteiger charge is 2.38. The summed E-state index contributed by atoms with van der Waals surface area (Å²) < 4.78 is 88.4. The van der Waals surface area contributed by atoms with Gasteiger partial charge in [0.1, 0.15) is 21.4 Å². The second kappa shape index (κ2) is 9.81. The molecule has 0 amide bonds. The highest BCUT2D eigenvalue weighted by molar-refractivity contribution is 8.02. The average molecular weight is 567 g/mol. The van der Waals surface area contributed by atoms with Gasteiger partial charge < -0.3 is 10.1 Å². The second-order valence-corrected chi connectivity index (χ2v) is 12.8. The Morgan fingerprint density at radius 1 is 1.17 bits per heavy atom. The number of sulfonamides is 1. The minimum atomic E-state index is -4.67. The lowest BCUT2D eigenvalue weighted by Gasteiger charge is -2.27. The van der Waals surface area contributed by atoms with E-state index in [0.29, 0.717) is 28.6 Å². The van der Waals surface area contributed by atoms with Crippen LogP contribution in [0.25, 0.3) is 0 Å². The van der Waals surface area contributed by atoms with Crippen molar-refractivity contribution in [3.8, 4) is 5.75 Å². The predicted octanol–water partition coefficient (Wildman–Crippen LogP) is 6.64. The first-order chi connectivity index (χ1) is 16.3. The Hall–Kier alpha value is -1.99. The summed E-state index contributed by atoms with van der Waals surface area (Å²) in [5.41, 5.74) is -1.89. The Kier molecular flexibility index (Phi) is 7.31. The molecule has 13 heteroatoms. The highest BCUT2D eigenvalue weighted by Crippen LogP contribution is 2.41. The largest absolute Gasteiger partial charge is 0.485 e. The maximum Gasteiger partial charge on any atom is 0.419 e. The van der Waals surface area contributed by atoms with Crippen LogP contribution in [0.5, 0.6) is 5.75 Å². The molecule has 1 aromatic heterocycles. The minimum absolute atomic E-state index is 0.0393. The van der Waals surface area contributed by atoms with Crippen molar-refractivity contribution in [2.45, 2.75) is 38.4 Å². The van der Waals surface area contributed by atoms with Gasteiger partial charge in [0.05, 0.1) is 20.5 Å². The molecule has 1 aliphatic rings. The van der Waals surface area contributed by atoms with Gasteiger partial charge in [0.25, 0.3) is 10.0 Å². The van der Waals surface area contributed by atoms with E-state index in [2.05, 4.69) is 10.0 Å². The van der Waals surface area contributed by atoms with Crippen LogP contribution in [-0.4, -0.2) is 27.1 Å². The molecule has 1 fully saturated rings. The van der Waals surface area contributed by atoms with E-state index in [1.807, 2.05) is 0 Å². The SMILES string of the molecule is C[C@@]1(Oc2cc(NS(=O)(=O)c3ccc(Sc4ccc(F)c(Cl)c4)s3)ccc2C(F)(F)F)CCNC1. The number of benzene rings is 2. The highest BCUT2D eigenvalue weighted by atomic mass is 35.5. The molecule has 0 unspecified atom stereocenters.